The molecule has 0 aliphatic carbocycles. The number of carbonyl (C=O) groups excluding carboxylic acids is 1. The van der Waals surface area contributed by atoms with Gasteiger partial charge in [0.05, 0.1) is 0 Å². The molecular formula is C12H18N2O3. The van der Waals surface area contributed by atoms with Gasteiger partial charge in [0.15, 0.2) is 0 Å². The number of nitrogens with one attached hydrogen (secondary N) is 1. The second kappa shape index (κ2) is 5.65. The van der Waals surface area contributed by atoms with Crippen LogP contribution in [0, 0.1) is 13.8 Å². The Morgan fingerprint density at radius 1 is 1.47 bits per heavy atom. The molecule has 1 rings (SSSR count). The number of hydrogen-bond acceptors (Lipinski definition) is 4. The van der Waals surface area contributed by atoms with Crippen LogP contribution in [-0.2, 0) is 9.53 Å². The maximum absolute atomic E-state index is 11.7. The summed E-state index contributed by atoms with van der Waals surface area (Å²) in [6, 6.07) is 3.32. The van der Waals surface area contributed by atoms with Crippen LogP contribution in [0.3, 0.4) is 0 Å². The molecule has 1 aromatic carbocycles. The lowest BCUT2D eigenvalue weighted by Crippen LogP contribution is -2.36. The molecular weight excluding hydrogens is 220 g/mol. The minimum absolute atomic E-state index is 0.123. The molecule has 0 aliphatic rings. The van der Waals surface area contributed by atoms with Crippen LogP contribution < -0.4 is 11.1 Å². The molecule has 5 nitrogen and oxygen atoms in total. The van der Waals surface area contributed by atoms with Crippen molar-refractivity contribution in [2.45, 2.75) is 20.0 Å². The van der Waals surface area contributed by atoms with Gasteiger partial charge in [0.1, 0.15) is 11.9 Å². The molecule has 1 amide bonds. The summed E-state index contributed by atoms with van der Waals surface area (Å²) in [4.78, 5) is 11.7. The van der Waals surface area contributed by atoms with Crippen molar-refractivity contribution in [1.82, 2.24) is 0 Å². The van der Waals surface area contributed by atoms with E-state index in [9.17, 15) is 9.90 Å². The number of aromatic hydroxyl groups is 1. The molecule has 5 heteroatoms. The highest BCUT2D eigenvalue weighted by molar-refractivity contribution is 5.95. The van der Waals surface area contributed by atoms with Crippen molar-refractivity contribution < 1.29 is 14.6 Å². The average molecular weight is 238 g/mol. The van der Waals surface area contributed by atoms with E-state index < -0.39 is 6.10 Å². The van der Waals surface area contributed by atoms with Gasteiger partial charge in [-0.3, -0.25) is 4.79 Å². The average Bonchev–Trinajstić information content (AvgIpc) is 2.27. The number of amides is 1. The Morgan fingerprint density at radius 2 is 2.12 bits per heavy atom. The Bertz CT molecular complexity index is 414. The van der Waals surface area contributed by atoms with Gasteiger partial charge in [-0.25, -0.2) is 0 Å². The second-order valence-corrected chi connectivity index (χ2v) is 3.90. The number of ether oxygens (including phenoxy) is 1. The molecule has 0 aromatic heterocycles. The van der Waals surface area contributed by atoms with Crippen molar-refractivity contribution in [2.75, 3.05) is 19.0 Å². The number of phenols is 1. The summed E-state index contributed by atoms with van der Waals surface area (Å²) in [6.45, 7) is 3.69. The van der Waals surface area contributed by atoms with Gasteiger partial charge in [-0.05, 0) is 37.1 Å². The van der Waals surface area contributed by atoms with Gasteiger partial charge >= 0.3 is 0 Å². The number of nitrogens with two attached hydrogens (primary N) is 1. The van der Waals surface area contributed by atoms with E-state index in [4.69, 9.17) is 10.5 Å². The maximum atomic E-state index is 11.7. The molecule has 0 spiro atoms. The van der Waals surface area contributed by atoms with Crippen molar-refractivity contribution in [3.63, 3.8) is 0 Å². The molecule has 1 aromatic rings. The summed E-state index contributed by atoms with van der Waals surface area (Å²) in [6.07, 6.45) is -0.663. The van der Waals surface area contributed by atoms with Gasteiger partial charge in [0.2, 0.25) is 0 Å². The van der Waals surface area contributed by atoms with Crippen molar-refractivity contribution in [2.24, 2.45) is 5.73 Å². The highest BCUT2D eigenvalue weighted by Crippen LogP contribution is 2.25. The zero-order valence-corrected chi connectivity index (χ0v) is 10.3. The molecule has 1 atom stereocenters. The Labute approximate surface area is 101 Å². The third kappa shape index (κ3) is 3.18. The van der Waals surface area contributed by atoms with Crippen LogP contribution >= 0.6 is 0 Å². The number of phenolic OH excluding ortho intramolecular Hbond substituents is 1. The summed E-state index contributed by atoms with van der Waals surface area (Å²) in [5, 5.41) is 12.2. The predicted octanol–water partition coefficient (Wildman–Crippen LogP) is 0.921. The molecule has 0 aliphatic heterocycles. The lowest BCUT2D eigenvalue weighted by molar-refractivity contribution is -0.125. The maximum Gasteiger partial charge on any atom is 0.254 e. The molecule has 4 N–H and O–H groups in total. The number of carbonyl (C=O) groups is 1. The number of methoxy groups -OCH3 is 1. The first-order valence-electron chi connectivity index (χ1n) is 5.33. The minimum Gasteiger partial charge on any atom is -0.508 e. The van der Waals surface area contributed by atoms with E-state index in [1.54, 1.807) is 26.0 Å². The van der Waals surface area contributed by atoms with Crippen LogP contribution in [0.15, 0.2) is 12.1 Å². The quantitative estimate of drug-likeness (QED) is 0.681. The monoisotopic (exact) mass is 238 g/mol. The Kier molecular flexibility index (Phi) is 4.48. The number of aryl methyl sites for hydroxylation is 2. The third-order valence-corrected chi connectivity index (χ3v) is 2.59. The van der Waals surface area contributed by atoms with Crippen molar-refractivity contribution >= 4 is 11.6 Å². The SMILES string of the molecule is COC(CN)C(=O)Nc1cc(C)c(O)cc1C. The Balaban J connectivity index is 2.88. The summed E-state index contributed by atoms with van der Waals surface area (Å²) in [5.74, 6) is -0.0780. The molecule has 17 heavy (non-hydrogen) atoms. The van der Waals surface area contributed by atoms with Crippen molar-refractivity contribution in [3.8, 4) is 5.75 Å². The van der Waals surface area contributed by atoms with Crippen LogP contribution in [0.5, 0.6) is 5.75 Å². The van der Waals surface area contributed by atoms with E-state index in [2.05, 4.69) is 5.32 Å². The van der Waals surface area contributed by atoms with E-state index in [1.165, 1.54) is 7.11 Å². The van der Waals surface area contributed by atoms with E-state index in [0.29, 0.717) is 11.3 Å². The molecule has 0 radical (unpaired) electrons. The van der Waals surface area contributed by atoms with E-state index in [1.807, 2.05) is 0 Å². The van der Waals surface area contributed by atoms with Crippen LogP contribution in [-0.4, -0.2) is 30.8 Å². The van der Waals surface area contributed by atoms with E-state index in [-0.39, 0.29) is 18.2 Å². The number of hydrogen-bond donors (Lipinski definition) is 3. The molecule has 0 fully saturated rings. The van der Waals surface area contributed by atoms with Gasteiger partial charge in [-0.1, -0.05) is 0 Å². The van der Waals surface area contributed by atoms with E-state index in [0.717, 1.165) is 5.56 Å². The Hall–Kier alpha value is -1.59. The number of anilines is 1. The molecule has 1 unspecified atom stereocenters. The Morgan fingerprint density at radius 3 is 2.65 bits per heavy atom. The zero-order valence-electron chi connectivity index (χ0n) is 10.3. The molecule has 94 valence electrons. The number of benzene rings is 1. The van der Waals surface area contributed by atoms with Crippen LogP contribution in [0.4, 0.5) is 5.69 Å². The zero-order chi connectivity index (χ0) is 13.0. The minimum atomic E-state index is -0.663. The highest BCUT2D eigenvalue weighted by Gasteiger charge is 2.16. The smallest absolute Gasteiger partial charge is 0.254 e. The summed E-state index contributed by atoms with van der Waals surface area (Å²) in [7, 11) is 1.44. The number of rotatable bonds is 4. The van der Waals surface area contributed by atoms with Crippen molar-refractivity contribution in [3.05, 3.63) is 23.3 Å². The van der Waals surface area contributed by atoms with Crippen LogP contribution in [0.25, 0.3) is 0 Å². The summed E-state index contributed by atoms with van der Waals surface area (Å²) in [5.41, 5.74) is 7.54. The molecule has 0 heterocycles. The second-order valence-electron chi connectivity index (χ2n) is 3.90. The van der Waals surface area contributed by atoms with Crippen LogP contribution in [0.1, 0.15) is 11.1 Å². The van der Waals surface area contributed by atoms with Gasteiger partial charge in [0, 0.05) is 19.3 Å². The first-order chi connectivity index (χ1) is 7.99. The van der Waals surface area contributed by atoms with Gasteiger partial charge in [0.25, 0.3) is 5.91 Å². The summed E-state index contributed by atoms with van der Waals surface area (Å²) >= 11 is 0. The van der Waals surface area contributed by atoms with E-state index >= 15 is 0 Å². The topological polar surface area (TPSA) is 84.6 Å². The fraction of sp³-hybridized carbons (Fsp3) is 0.417. The molecule has 0 saturated heterocycles. The highest BCUT2D eigenvalue weighted by atomic mass is 16.5. The molecule has 0 bridgehead atoms. The predicted molar refractivity (Wildman–Crippen MR) is 66.1 cm³/mol. The van der Waals surface area contributed by atoms with Gasteiger partial charge in [-0.15, -0.1) is 0 Å². The van der Waals surface area contributed by atoms with Crippen molar-refractivity contribution in [1.29, 1.82) is 0 Å². The van der Waals surface area contributed by atoms with Gasteiger partial charge < -0.3 is 20.9 Å². The first-order valence-corrected chi connectivity index (χ1v) is 5.33. The lowest BCUT2D eigenvalue weighted by atomic mass is 10.1. The van der Waals surface area contributed by atoms with Crippen LogP contribution in [0.2, 0.25) is 0 Å². The van der Waals surface area contributed by atoms with Gasteiger partial charge in [-0.2, -0.15) is 0 Å². The molecule has 0 saturated carbocycles. The first kappa shape index (κ1) is 13.5. The third-order valence-electron chi connectivity index (χ3n) is 2.59. The largest absolute Gasteiger partial charge is 0.508 e. The lowest BCUT2D eigenvalue weighted by Gasteiger charge is -2.15. The standard InChI is InChI=1S/C12H18N2O3/c1-7-5-10(15)8(2)4-9(7)14-12(16)11(6-13)17-3/h4-5,11,15H,6,13H2,1-3H3,(H,14,16). The fourth-order valence-corrected chi connectivity index (χ4v) is 1.46. The normalized spacial score (nSPS) is 12.2. The summed E-state index contributed by atoms with van der Waals surface area (Å²) < 4.78 is 4.94. The fourth-order valence-electron chi connectivity index (χ4n) is 1.46.